The van der Waals surface area contributed by atoms with Gasteiger partial charge in [0, 0.05) is 0 Å². The lowest BCUT2D eigenvalue weighted by molar-refractivity contribution is -0.115. The summed E-state index contributed by atoms with van der Waals surface area (Å²) < 4.78 is 6.38. The fourth-order valence-corrected chi connectivity index (χ4v) is 3.82. The van der Waals surface area contributed by atoms with Gasteiger partial charge in [-0.2, -0.15) is 0 Å². The molecule has 2 aromatic rings. The summed E-state index contributed by atoms with van der Waals surface area (Å²) in [5.41, 5.74) is 3.42. The number of thiocarbonyl (C=S) groups is 1. The molecule has 0 saturated carbocycles. The van der Waals surface area contributed by atoms with Crippen molar-refractivity contribution < 1.29 is 9.53 Å². The van der Waals surface area contributed by atoms with Gasteiger partial charge in [0.05, 0.1) is 4.91 Å². The van der Waals surface area contributed by atoms with Gasteiger partial charge in [0.2, 0.25) is 0 Å². The standard InChI is InChI=1S/C22H23NO2S2/c1-2-3-4-5-16-10-12-19(13-11-16)25-15-18-8-6-17(7-9-18)14-20-21(24)23-22(26)27-20/h6-14H,2-5,15H2,1H3,(H,23,24,26). The molecule has 140 valence electrons. The second kappa shape index (κ2) is 9.72. The molecule has 3 rings (SSSR count). The first-order valence-electron chi connectivity index (χ1n) is 9.19. The number of carbonyl (C=O) groups is 1. The number of thioether (sulfide) groups is 1. The minimum Gasteiger partial charge on any atom is -0.489 e. The smallest absolute Gasteiger partial charge is 0.263 e. The van der Waals surface area contributed by atoms with Crippen LogP contribution in [0.25, 0.3) is 6.08 Å². The Morgan fingerprint density at radius 2 is 1.74 bits per heavy atom. The third kappa shape index (κ3) is 5.94. The molecule has 1 aliphatic heterocycles. The molecule has 27 heavy (non-hydrogen) atoms. The van der Waals surface area contributed by atoms with E-state index >= 15 is 0 Å². The Bertz CT molecular complexity index is 826. The molecule has 3 nitrogen and oxygen atoms in total. The van der Waals surface area contributed by atoms with Crippen LogP contribution in [0.15, 0.2) is 53.4 Å². The molecular formula is C22H23NO2S2. The Hall–Kier alpha value is -2.11. The first kappa shape index (κ1) is 19.6. The second-order valence-electron chi connectivity index (χ2n) is 6.48. The monoisotopic (exact) mass is 397 g/mol. The summed E-state index contributed by atoms with van der Waals surface area (Å²) in [5.74, 6) is 0.753. The van der Waals surface area contributed by atoms with E-state index in [0.717, 1.165) is 23.3 Å². The van der Waals surface area contributed by atoms with Gasteiger partial charge in [-0.05, 0) is 47.7 Å². The first-order chi connectivity index (χ1) is 13.1. The fourth-order valence-electron chi connectivity index (χ4n) is 2.78. The van der Waals surface area contributed by atoms with Crippen LogP contribution in [-0.2, 0) is 17.8 Å². The minimum absolute atomic E-state index is 0.129. The van der Waals surface area contributed by atoms with E-state index in [4.69, 9.17) is 17.0 Å². The van der Waals surface area contributed by atoms with Gasteiger partial charge in [0.1, 0.15) is 16.7 Å². The molecule has 1 N–H and O–H groups in total. The number of rotatable bonds is 8. The molecule has 1 aliphatic rings. The molecule has 0 atom stereocenters. The number of carbonyl (C=O) groups excluding carboxylic acids is 1. The first-order valence-corrected chi connectivity index (χ1v) is 10.4. The zero-order chi connectivity index (χ0) is 19.1. The molecule has 2 aromatic carbocycles. The number of unbranched alkanes of at least 4 members (excludes halogenated alkanes) is 2. The van der Waals surface area contributed by atoms with Crippen molar-refractivity contribution in [2.75, 3.05) is 0 Å². The van der Waals surface area contributed by atoms with Crippen LogP contribution in [-0.4, -0.2) is 10.2 Å². The molecule has 1 heterocycles. The van der Waals surface area contributed by atoms with Crippen molar-refractivity contribution >= 4 is 40.3 Å². The zero-order valence-corrected chi connectivity index (χ0v) is 17.0. The lowest BCUT2D eigenvalue weighted by Gasteiger charge is -2.08. The highest BCUT2D eigenvalue weighted by Crippen LogP contribution is 2.26. The summed E-state index contributed by atoms with van der Waals surface area (Å²) in [6.45, 7) is 2.74. The summed E-state index contributed by atoms with van der Waals surface area (Å²) in [7, 11) is 0. The molecule has 0 unspecified atom stereocenters. The van der Waals surface area contributed by atoms with E-state index in [-0.39, 0.29) is 5.91 Å². The van der Waals surface area contributed by atoms with Crippen LogP contribution in [0.4, 0.5) is 0 Å². The van der Waals surface area contributed by atoms with Crippen LogP contribution in [0.3, 0.4) is 0 Å². The van der Waals surface area contributed by atoms with Crippen molar-refractivity contribution in [2.45, 2.75) is 39.2 Å². The van der Waals surface area contributed by atoms with Crippen LogP contribution in [0, 0.1) is 0 Å². The Kier molecular flexibility index (Phi) is 7.07. The van der Waals surface area contributed by atoms with E-state index in [1.54, 1.807) is 0 Å². The number of ether oxygens (including phenoxy) is 1. The van der Waals surface area contributed by atoms with Crippen LogP contribution < -0.4 is 10.1 Å². The number of aryl methyl sites for hydroxylation is 1. The highest BCUT2D eigenvalue weighted by molar-refractivity contribution is 8.26. The van der Waals surface area contributed by atoms with Gasteiger partial charge < -0.3 is 10.1 Å². The van der Waals surface area contributed by atoms with Crippen LogP contribution in [0.1, 0.15) is 42.9 Å². The van der Waals surface area contributed by atoms with Crippen LogP contribution in [0.2, 0.25) is 0 Å². The Balaban J connectivity index is 1.52. The lowest BCUT2D eigenvalue weighted by Crippen LogP contribution is -2.17. The molecule has 0 aromatic heterocycles. The SMILES string of the molecule is CCCCCc1ccc(OCc2ccc(C=C3SC(=S)NC3=O)cc2)cc1. The molecule has 0 spiro atoms. The molecule has 1 amide bonds. The van der Waals surface area contributed by atoms with Crippen LogP contribution in [0.5, 0.6) is 5.75 Å². The van der Waals surface area contributed by atoms with Gasteiger partial charge in [-0.25, -0.2) is 0 Å². The number of amides is 1. The predicted octanol–water partition coefficient (Wildman–Crippen LogP) is 5.49. The summed E-state index contributed by atoms with van der Waals surface area (Å²) in [4.78, 5) is 12.3. The van der Waals surface area contributed by atoms with Gasteiger partial charge in [-0.1, -0.05) is 80.1 Å². The summed E-state index contributed by atoms with van der Waals surface area (Å²) >= 11 is 6.29. The van der Waals surface area contributed by atoms with Gasteiger partial charge in [0.15, 0.2) is 0 Å². The molecule has 0 bridgehead atoms. The summed E-state index contributed by atoms with van der Waals surface area (Å²) in [6, 6.07) is 16.4. The maximum absolute atomic E-state index is 11.7. The van der Waals surface area contributed by atoms with E-state index in [1.165, 1.54) is 36.6 Å². The average Bonchev–Trinajstić information content (AvgIpc) is 2.99. The quantitative estimate of drug-likeness (QED) is 0.363. The van der Waals surface area contributed by atoms with Crippen molar-refractivity contribution in [1.82, 2.24) is 5.32 Å². The number of hydrogen-bond acceptors (Lipinski definition) is 4. The second-order valence-corrected chi connectivity index (χ2v) is 8.20. The van der Waals surface area contributed by atoms with Gasteiger partial charge in [0.25, 0.3) is 5.91 Å². The summed E-state index contributed by atoms with van der Waals surface area (Å²) in [6.07, 6.45) is 6.75. The Morgan fingerprint density at radius 1 is 1.04 bits per heavy atom. The zero-order valence-electron chi connectivity index (χ0n) is 15.4. The maximum atomic E-state index is 11.7. The largest absolute Gasteiger partial charge is 0.489 e. The molecular weight excluding hydrogens is 374 g/mol. The van der Waals surface area contributed by atoms with Crippen LogP contribution >= 0.6 is 24.0 Å². The number of nitrogens with one attached hydrogen (secondary N) is 1. The molecule has 0 radical (unpaired) electrons. The highest BCUT2D eigenvalue weighted by Gasteiger charge is 2.21. The van der Waals surface area contributed by atoms with Gasteiger partial charge >= 0.3 is 0 Å². The molecule has 1 fully saturated rings. The van der Waals surface area contributed by atoms with Crippen molar-refractivity contribution in [2.24, 2.45) is 0 Å². The van der Waals surface area contributed by atoms with Crippen molar-refractivity contribution in [1.29, 1.82) is 0 Å². The van der Waals surface area contributed by atoms with Gasteiger partial charge in [-0.3, -0.25) is 4.79 Å². The topological polar surface area (TPSA) is 38.3 Å². The fraction of sp³-hybridized carbons (Fsp3) is 0.273. The average molecular weight is 398 g/mol. The van der Waals surface area contributed by atoms with Crippen molar-refractivity contribution in [3.8, 4) is 5.75 Å². The molecule has 0 aliphatic carbocycles. The summed E-state index contributed by atoms with van der Waals surface area (Å²) in [5, 5.41) is 2.62. The third-order valence-electron chi connectivity index (χ3n) is 4.32. The van der Waals surface area contributed by atoms with E-state index in [2.05, 4.69) is 24.4 Å². The Morgan fingerprint density at radius 3 is 2.37 bits per heavy atom. The Labute approximate surface area is 170 Å². The molecule has 5 heteroatoms. The predicted molar refractivity (Wildman–Crippen MR) is 117 cm³/mol. The third-order valence-corrected chi connectivity index (χ3v) is 5.48. The normalized spacial score (nSPS) is 15.2. The van der Waals surface area contributed by atoms with Crippen molar-refractivity contribution in [3.63, 3.8) is 0 Å². The van der Waals surface area contributed by atoms with E-state index in [1.807, 2.05) is 42.5 Å². The lowest BCUT2D eigenvalue weighted by atomic mass is 10.1. The number of hydrogen-bond donors (Lipinski definition) is 1. The van der Waals surface area contributed by atoms with Crippen molar-refractivity contribution in [3.05, 3.63) is 70.1 Å². The highest BCUT2D eigenvalue weighted by atomic mass is 32.2. The van der Waals surface area contributed by atoms with E-state index in [0.29, 0.717) is 15.8 Å². The molecule has 1 saturated heterocycles. The van der Waals surface area contributed by atoms with E-state index < -0.39 is 0 Å². The number of benzene rings is 2. The van der Waals surface area contributed by atoms with Gasteiger partial charge in [-0.15, -0.1) is 0 Å². The van der Waals surface area contributed by atoms with E-state index in [9.17, 15) is 4.79 Å². The maximum Gasteiger partial charge on any atom is 0.263 e. The minimum atomic E-state index is -0.129.